The van der Waals surface area contributed by atoms with Gasteiger partial charge in [0.2, 0.25) is 0 Å². The number of aliphatic hydroxyl groups excluding tert-OH is 2. The van der Waals surface area contributed by atoms with Crippen LogP contribution in [0.4, 0.5) is 0 Å². The Kier molecular flexibility index (Phi) is 11.0. The molecule has 3 N–H and O–H groups in total. The Morgan fingerprint density at radius 2 is 1.27 bits per heavy atom. The molecule has 0 amide bonds. The summed E-state index contributed by atoms with van der Waals surface area (Å²) in [6.45, 7) is 0.475. The number of rotatable bonds is 15. The fourth-order valence-electron chi connectivity index (χ4n) is 4.25. The molecule has 0 aliphatic heterocycles. The van der Waals surface area contributed by atoms with E-state index < -0.39 is 30.4 Å². The van der Waals surface area contributed by atoms with Crippen LogP contribution in [-0.2, 0) is 38.8 Å². The van der Waals surface area contributed by atoms with E-state index in [0.29, 0.717) is 0 Å². The monoisotopic (exact) mass is 546 g/mol. The van der Waals surface area contributed by atoms with Crippen molar-refractivity contribution >= 4 is 5.97 Å². The van der Waals surface area contributed by atoms with Crippen LogP contribution in [0.5, 0.6) is 0 Å². The van der Waals surface area contributed by atoms with Crippen molar-refractivity contribution < 1.29 is 34.0 Å². The Balaban J connectivity index is 1.60. The number of methoxy groups -OCH3 is 1. The third-order valence-electron chi connectivity index (χ3n) is 6.36. The molecule has 0 saturated carbocycles. The first kappa shape index (κ1) is 29.1. The molecule has 1 aromatic heterocycles. The SMILES string of the molecule is COC(=O)c1[nH]ncc1[C@@H](O)[C@H](OCc1ccccc1)[C@H](OCc1ccccc1)[C@H](O)COCc1ccccc1. The first-order chi connectivity index (χ1) is 19.6. The lowest BCUT2D eigenvalue weighted by atomic mass is 9.97. The summed E-state index contributed by atoms with van der Waals surface area (Å²) in [4.78, 5) is 12.3. The van der Waals surface area contributed by atoms with E-state index in [1.807, 2.05) is 91.0 Å². The van der Waals surface area contributed by atoms with Crippen LogP contribution in [0.15, 0.2) is 97.2 Å². The number of H-pyrrole nitrogens is 1. The summed E-state index contributed by atoms with van der Waals surface area (Å²) < 4.78 is 23.1. The average molecular weight is 547 g/mol. The Bertz CT molecular complexity index is 1280. The van der Waals surface area contributed by atoms with Crippen LogP contribution in [0.1, 0.15) is 38.8 Å². The van der Waals surface area contributed by atoms with E-state index in [0.717, 1.165) is 16.7 Å². The maximum Gasteiger partial charge on any atom is 0.356 e. The fraction of sp³-hybridized carbons (Fsp3) is 0.290. The summed E-state index contributed by atoms with van der Waals surface area (Å²) in [5, 5.41) is 29.4. The third kappa shape index (κ3) is 8.08. The predicted molar refractivity (Wildman–Crippen MR) is 147 cm³/mol. The van der Waals surface area contributed by atoms with Crippen molar-refractivity contribution in [3.63, 3.8) is 0 Å². The van der Waals surface area contributed by atoms with Gasteiger partial charge in [0.15, 0.2) is 0 Å². The van der Waals surface area contributed by atoms with Crippen molar-refractivity contribution in [1.82, 2.24) is 10.2 Å². The number of aromatic amines is 1. The van der Waals surface area contributed by atoms with Crippen molar-refractivity contribution in [1.29, 1.82) is 0 Å². The zero-order valence-electron chi connectivity index (χ0n) is 22.3. The van der Waals surface area contributed by atoms with Gasteiger partial charge in [0, 0.05) is 5.56 Å². The number of ether oxygens (including phenoxy) is 4. The third-order valence-corrected chi connectivity index (χ3v) is 6.36. The smallest absolute Gasteiger partial charge is 0.356 e. The highest BCUT2D eigenvalue weighted by Crippen LogP contribution is 2.29. The highest BCUT2D eigenvalue weighted by Gasteiger charge is 2.38. The molecule has 0 spiro atoms. The average Bonchev–Trinajstić information content (AvgIpc) is 3.50. The largest absolute Gasteiger partial charge is 0.464 e. The van der Waals surface area contributed by atoms with Gasteiger partial charge < -0.3 is 29.2 Å². The van der Waals surface area contributed by atoms with Gasteiger partial charge in [-0.25, -0.2) is 4.79 Å². The second-order valence-corrected chi connectivity index (χ2v) is 9.23. The number of carbonyl (C=O) groups excluding carboxylic acids is 1. The van der Waals surface area contributed by atoms with Gasteiger partial charge in [-0.15, -0.1) is 0 Å². The zero-order chi connectivity index (χ0) is 28.2. The van der Waals surface area contributed by atoms with Crippen molar-refractivity contribution in [3.8, 4) is 0 Å². The lowest BCUT2D eigenvalue weighted by molar-refractivity contribution is -0.177. The number of nitrogens with zero attached hydrogens (tertiary/aromatic N) is 1. The molecular weight excluding hydrogens is 512 g/mol. The molecule has 3 aromatic carbocycles. The van der Waals surface area contributed by atoms with Gasteiger partial charge in [-0.3, -0.25) is 5.10 Å². The van der Waals surface area contributed by atoms with Crippen molar-refractivity contribution in [2.24, 2.45) is 0 Å². The second-order valence-electron chi connectivity index (χ2n) is 9.23. The number of aliphatic hydroxyl groups is 2. The molecule has 9 nitrogen and oxygen atoms in total. The normalized spacial score (nSPS) is 14.3. The second kappa shape index (κ2) is 15.1. The summed E-state index contributed by atoms with van der Waals surface area (Å²) in [5.74, 6) is -0.693. The molecule has 210 valence electrons. The lowest BCUT2D eigenvalue weighted by Crippen LogP contribution is -2.46. The molecular formula is C31H34N2O7. The summed E-state index contributed by atoms with van der Waals surface area (Å²) in [6, 6.07) is 28.5. The quantitative estimate of drug-likeness (QED) is 0.191. The number of hydrogen-bond acceptors (Lipinski definition) is 8. The number of hydrogen-bond donors (Lipinski definition) is 3. The van der Waals surface area contributed by atoms with Gasteiger partial charge in [0.25, 0.3) is 0 Å². The van der Waals surface area contributed by atoms with E-state index in [4.69, 9.17) is 18.9 Å². The highest BCUT2D eigenvalue weighted by atomic mass is 16.6. The molecule has 0 aliphatic rings. The molecule has 9 heteroatoms. The van der Waals surface area contributed by atoms with Crippen LogP contribution in [-0.4, -0.2) is 58.4 Å². The Morgan fingerprint density at radius 3 is 1.80 bits per heavy atom. The maximum absolute atomic E-state index is 12.3. The molecule has 4 rings (SSSR count). The van der Waals surface area contributed by atoms with Gasteiger partial charge in [-0.2, -0.15) is 5.10 Å². The lowest BCUT2D eigenvalue weighted by Gasteiger charge is -2.34. The van der Waals surface area contributed by atoms with Crippen LogP contribution in [0, 0.1) is 0 Å². The minimum absolute atomic E-state index is 0.0139. The van der Waals surface area contributed by atoms with Crippen LogP contribution in [0.3, 0.4) is 0 Å². The highest BCUT2D eigenvalue weighted by molar-refractivity contribution is 5.88. The van der Waals surface area contributed by atoms with E-state index in [-0.39, 0.29) is 37.7 Å². The summed E-state index contributed by atoms with van der Waals surface area (Å²) in [6.07, 6.45) is -3.41. The van der Waals surface area contributed by atoms with Gasteiger partial charge in [-0.05, 0) is 16.7 Å². The molecule has 0 radical (unpaired) electrons. The van der Waals surface area contributed by atoms with E-state index in [1.165, 1.54) is 13.3 Å². The first-order valence-corrected chi connectivity index (χ1v) is 13.0. The van der Waals surface area contributed by atoms with Crippen molar-refractivity contribution in [2.75, 3.05) is 13.7 Å². The number of carbonyl (C=O) groups is 1. The van der Waals surface area contributed by atoms with Crippen LogP contribution in [0.25, 0.3) is 0 Å². The van der Waals surface area contributed by atoms with Gasteiger partial charge in [0.05, 0.1) is 39.7 Å². The first-order valence-electron chi connectivity index (χ1n) is 13.0. The number of esters is 1. The van der Waals surface area contributed by atoms with Crippen molar-refractivity contribution in [2.45, 2.75) is 44.2 Å². The molecule has 0 unspecified atom stereocenters. The van der Waals surface area contributed by atoms with Crippen LogP contribution in [0.2, 0.25) is 0 Å². The topological polar surface area (TPSA) is 123 Å². The Labute approximate surface area is 233 Å². The minimum atomic E-state index is -1.40. The molecule has 0 fully saturated rings. The summed E-state index contributed by atoms with van der Waals surface area (Å²) in [5.41, 5.74) is 2.83. The molecule has 0 saturated heterocycles. The Morgan fingerprint density at radius 1 is 0.775 bits per heavy atom. The Hall–Kier alpha value is -3.86. The molecule has 4 aromatic rings. The molecule has 0 aliphatic carbocycles. The summed E-state index contributed by atoms with van der Waals surface area (Å²) >= 11 is 0. The molecule has 0 bridgehead atoms. The van der Waals surface area contributed by atoms with Gasteiger partial charge in [0.1, 0.15) is 30.1 Å². The van der Waals surface area contributed by atoms with Crippen LogP contribution >= 0.6 is 0 Å². The van der Waals surface area contributed by atoms with Gasteiger partial charge in [-0.1, -0.05) is 91.0 Å². The van der Waals surface area contributed by atoms with E-state index in [2.05, 4.69) is 10.2 Å². The standard InChI is InChI=1S/C31H34N2O7/c1-37-31(36)27-25(17-32-33-27)28(35)30(40-20-24-15-9-4-10-16-24)29(39-19-23-13-7-3-8-14-23)26(34)21-38-18-22-11-5-2-6-12-22/h2-17,26,28-30,34-35H,18-21H2,1H3,(H,32,33)/t26-,28-,29-,30+/m1/s1. The number of benzene rings is 3. The number of nitrogens with one attached hydrogen (secondary N) is 1. The summed E-state index contributed by atoms with van der Waals surface area (Å²) in [7, 11) is 1.24. The predicted octanol–water partition coefficient (Wildman–Crippen LogP) is 3.98. The van der Waals surface area contributed by atoms with Crippen LogP contribution < -0.4 is 0 Å². The fourth-order valence-corrected chi connectivity index (χ4v) is 4.25. The maximum atomic E-state index is 12.3. The minimum Gasteiger partial charge on any atom is -0.464 e. The van der Waals surface area contributed by atoms with E-state index in [9.17, 15) is 15.0 Å². The van der Waals surface area contributed by atoms with Crippen molar-refractivity contribution in [3.05, 3.63) is 125 Å². The van der Waals surface area contributed by atoms with Gasteiger partial charge >= 0.3 is 5.97 Å². The molecule has 4 atom stereocenters. The van der Waals surface area contributed by atoms with E-state index >= 15 is 0 Å². The molecule has 1 heterocycles. The zero-order valence-corrected chi connectivity index (χ0v) is 22.3. The number of aromatic nitrogens is 2. The van der Waals surface area contributed by atoms with E-state index in [1.54, 1.807) is 0 Å². The molecule has 40 heavy (non-hydrogen) atoms.